The molecule has 0 aliphatic heterocycles. The number of rotatable bonds is 3. The zero-order valence-corrected chi connectivity index (χ0v) is 10.1. The van der Waals surface area contributed by atoms with Crippen molar-refractivity contribution in [2.75, 3.05) is 13.1 Å². The molecule has 1 amide bonds. The summed E-state index contributed by atoms with van der Waals surface area (Å²) in [5, 5.41) is 9.19. The number of halogens is 1. The zero-order chi connectivity index (χ0) is 12.1. The smallest absolute Gasteiger partial charge is 0.255 e. The van der Waals surface area contributed by atoms with Crippen LogP contribution in [0.5, 0.6) is 0 Å². The number of hydrogen-bond acceptors (Lipinski definition) is 2. The van der Waals surface area contributed by atoms with Gasteiger partial charge in [-0.15, -0.1) is 0 Å². The van der Waals surface area contributed by atoms with Crippen LogP contribution in [0.2, 0.25) is 5.02 Å². The van der Waals surface area contributed by atoms with E-state index in [1.165, 1.54) is 4.90 Å². The Morgan fingerprint density at radius 2 is 2.25 bits per heavy atom. The Bertz CT molecular complexity index is 437. The maximum Gasteiger partial charge on any atom is 0.255 e. The Morgan fingerprint density at radius 1 is 1.56 bits per heavy atom. The van der Waals surface area contributed by atoms with Crippen molar-refractivity contribution in [2.45, 2.75) is 13.8 Å². The molecule has 84 valence electrons. The molecule has 0 N–H and O–H groups in total. The highest BCUT2D eigenvalue weighted by Crippen LogP contribution is 2.19. The minimum Gasteiger partial charge on any atom is -0.326 e. The highest BCUT2D eigenvalue weighted by atomic mass is 35.5. The van der Waals surface area contributed by atoms with Gasteiger partial charge in [-0.25, -0.2) is 0 Å². The molecule has 3 nitrogen and oxygen atoms in total. The number of nitrogens with zero attached hydrogens (tertiary/aromatic N) is 2. The molecule has 0 atom stereocenters. The van der Waals surface area contributed by atoms with Gasteiger partial charge in [0.15, 0.2) is 0 Å². The summed E-state index contributed by atoms with van der Waals surface area (Å²) < 4.78 is 0. The number of carbonyl (C=O) groups excluding carboxylic acids is 1. The second kappa shape index (κ2) is 5.53. The maximum absolute atomic E-state index is 12.1. The number of amides is 1. The molecule has 0 spiro atoms. The summed E-state index contributed by atoms with van der Waals surface area (Å²) in [6.07, 6.45) is 0. The predicted molar refractivity (Wildman–Crippen MR) is 63.4 cm³/mol. The van der Waals surface area contributed by atoms with Crippen LogP contribution in [0, 0.1) is 18.3 Å². The molecule has 0 bridgehead atoms. The van der Waals surface area contributed by atoms with Crippen LogP contribution < -0.4 is 0 Å². The molecule has 0 fully saturated rings. The molecule has 0 radical (unpaired) electrons. The quantitative estimate of drug-likeness (QED) is 0.758. The molecule has 1 rings (SSSR count). The van der Waals surface area contributed by atoms with Crippen LogP contribution in [0.4, 0.5) is 0 Å². The molecule has 1 aromatic carbocycles. The lowest BCUT2D eigenvalue weighted by atomic mass is 10.1. The lowest BCUT2D eigenvalue weighted by molar-refractivity contribution is 0.0783. The van der Waals surface area contributed by atoms with Gasteiger partial charge >= 0.3 is 0 Å². The highest BCUT2D eigenvalue weighted by Gasteiger charge is 2.16. The lowest BCUT2D eigenvalue weighted by Crippen LogP contribution is -2.31. The van der Waals surface area contributed by atoms with Crippen LogP contribution in [-0.4, -0.2) is 23.9 Å². The minimum atomic E-state index is -0.149. The number of benzene rings is 1. The van der Waals surface area contributed by atoms with Gasteiger partial charge in [0.2, 0.25) is 0 Å². The summed E-state index contributed by atoms with van der Waals surface area (Å²) in [4.78, 5) is 13.5. The monoisotopic (exact) mass is 236 g/mol. The molecular weight excluding hydrogens is 224 g/mol. The second-order valence-corrected chi connectivity index (χ2v) is 3.80. The molecule has 0 heterocycles. The van der Waals surface area contributed by atoms with Crippen LogP contribution in [0.1, 0.15) is 22.8 Å². The van der Waals surface area contributed by atoms with Crippen molar-refractivity contribution in [3.05, 3.63) is 34.3 Å². The first-order valence-electron chi connectivity index (χ1n) is 5.03. The number of hydrogen-bond donors (Lipinski definition) is 0. The van der Waals surface area contributed by atoms with E-state index in [1.807, 2.05) is 13.0 Å². The van der Waals surface area contributed by atoms with Crippen LogP contribution in [0.3, 0.4) is 0 Å². The largest absolute Gasteiger partial charge is 0.326 e. The van der Waals surface area contributed by atoms with Crippen LogP contribution in [-0.2, 0) is 0 Å². The number of carbonyl (C=O) groups is 1. The van der Waals surface area contributed by atoms with E-state index < -0.39 is 0 Å². The average molecular weight is 237 g/mol. The summed E-state index contributed by atoms with van der Waals surface area (Å²) in [7, 11) is 0. The summed E-state index contributed by atoms with van der Waals surface area (Å²) in [6, 6.07) is 7.18. The first-order chi connectivity index (χ1) is 7.61. The van der Waals surface area contributed by atoms with Gasteiger partial charge in [0.25, 0.3) is 5.91 Å². The summed E-state index contributed by atoms with van der Waals surface area (Å²) >= 11 is 5.95. The van der Waals surface area contributed by atoms with E-state index in [9.17, 15) is 4.79 Å². The Balaban J connectivity index is 3.05. The third-order valence-corrected chi connectivity index (χ3v) is 2.84. The topological polar surface area (TPSA) is 44.1 Å². The second-order valence-electron chi connectivity index (χ2n) is 3.39. The fraction of sp³-hybridized carbons (Fsp3) is 0.333. The molecule has 0 saturated carbocycles. The third kappa shape index (κ3) is 2.53. The minimum absolute atomic E-state index is 0.0985. The zero-order valence-electron chi connectivity index (χ0n) is 9.33. The van der Waals surface area contributed by atoms with Crippen LogP contribution in [0.15, 0.2) is 18.2 Å². The first-order valence-corrected chi connectivity index (χ1v) is 5.41. The first kappa shape index (κ1) is 12.5. The molecule has 0 saturated heterocycles. The van der Waals surface area contributed by atoms with Crippen LogP contribution in [0.25, 0.3) is 0 Å². The van der Waals surface area contributed by atoms with Crippen molar-refractivity contribution in [3.63, 3.8) is 0 Å². The SMILES string of the molecule is CCN(CC#N)C(=O)c1cccc(Cl)c1C. The molecule has 0 aliphatic rings. The van der Waals surface area contributed by atoms with Crippen molar-refractivity contribution in [1.29, 1.82) is 5.26 Å². The van der Waals surface area contributed by atoms with Gasteiger partial charge in [0, 0.05) is 17.1 Å². The normalized spacial score (nSPS) is 9.62. The van der Waals surface area contributed by atoms with Gasteiger partial charge in [-0.05, 0) is 31.5 Å². The lowest BCUT2D eigenvalue weighted by Gasteiger charge is -2.18. The van der Waals surface area contributed by atoms with Gasteiger partial charge in [0.05, 0.1) is 6.07 Å². The third-order valence-electron chi connectivity index (χ3n) is 2.43. The van der Waals surface area contributed by atoms with Crippen LogP contribution >= 0.6 is 11.6 Å². The molecular formula is C12H13ClN2O. The predicted octanol–water partition coefficient (Wildman–Crippen LogP) is 2.63. The molecule has 0 aromatic heterocycles. The average Bonchev–Trinajstić information content (AvgIpc) is 2.29. The highest BCUT2D eigenvalue weighted by molar-refractivity contribution is 6.31. The fourth-order valence-corrected chi connectivity index (χ4v) is 1.60. The maximum atomic E-state index is 12.1. The molecule has 16 heavy (non-hydrogen) atoms. The van der Waals surface area contributed by atoms with Crippen molar-refractivity contribution in [1.82, 2.24) is 4.90 Å². The van der Waals surface area contributed by atoms with Gasteiger partial charge in [-0.1, -0.05) is 17.7 Å². The standard InChI is InChI=1S/C12H13ClN2O/c1-3-15(8-7-14)12(16)10-5-4-6-11(13)9(10)2/h4-6H,3,8H2,1-2H3. The Labute approximate surface area is 100 Å². The van der Waals surface area contributed by atoms with E-state index in [4.69, 9.17) is 16.9 Å². The van der Waals surface area contributed by atoms with Gasteiger partial charge < -0.3 is 4.90 Å². The van der Waals surface area contributed by atoms with E-state index in [-0.39, 0.29) is 12.5 Å². The molecule has 4 heteroatoms. The van der Waals surface area contributed by atoms with Crippen molar-refractivity contribution in [3.8, 4) is 6.07 Å². The molecule has 0 aliphatic carbocycles. The molecule has 0 unspecified atom stereocenters. The van der Waals surface area contributed by atoms with E-state index in [0.717, 1.165) is 5.56 Å². The van der Waals surface area contributed by atoms with Gasteiger partial charge in [-0.3, -0.25) is 4.79 Å². The fourth-order valence-electron chi connectivity index (χ4n) is 1.42. The van der Waals surface area contributed by atoms with Crippen molar-refractivity contribution >= 4 is 17.5 Å². The van der Waals surface area contributed by atoms with E-state index in [1.54, 1.807) is 25.1 Å². The Kier molecular flexibility index (Phi) is 4.33. The van der Waals surface area contributed by atoms with Crippen molar-refractivity contribution < 1.29 is 4.79 Å². The summed E-state index contributed by atoms with van der Waals surface area (Å²) in [6.45, 7) is 4.25. The van der Waals surface area contributed by atoms with E-state index in [2.05, 4.69) is 0 Å². The van der Waals surface area contributed by atoms with E-state index >= 15 is 0 Å². The Morgan fingerprint density at radius 3 is 2.81 bits per heavy atom. The Hall–Kier alpha value is -1.53. The van der Waals surface area contributed by atoms with Gasteiger partial charge in [-0.2, -0.15) is 5.26 Å². The van der Waals surface area contributed by atoms with Gasteiger partial charge in [0.1, 0.15) is 6.54 Å². The number of nitriles is 1. The summed E-state index contributed by atoms with van der Waals surface area (Å²) in [5.74, 6) is -0.149. The summed E-state index contributed by atoms with van der Waals surface area (Å²) in [5.41, 5.74) is 1.31. The van der Waals surface area contributed by atoms with E-state index in [0.29, 0.717) is 17.1 Å². The molecule has 1 aromatic rings. The van der Waals surface area contributed by atoms with Crippen molar-refractivity contribution in [2.24, 2.45) is 0 Å².